The van der Waals surface area contributed by atoms with Crippen LogP contribution in [0.15, 0.2) is 17.5 Å². The summed E-state index contributed by atoms with van der Waals surface area (Å²) in [6.07, 6.45) is 2.54. The van der Waals surface area contributed by atoms with Crippen LogP contribution >= 0.6 is 11.3 Å². The molecule has 4 nitrogen and oxygen atoms in total. The van der Waals surface area contributed by atoms with Gasteiger partial charge >= 0.3 is 5.97 Å². The minimum absolute atomic E-state index is 0.0817. The number of carboxylic acid groups (broad SMARTS) is 1. The molecule has 0 bridgehead atoms. The van der Waals surface area contributed by atoms with Crippen LogP contribution in [0, 0.1) is 5.92 Å². The van der Waals surface area contributed by atoms with Gasteiger partial charge in [0.1, 0.15) is 6.54 Å². The van der Waals surface area contributed by atoms with E-state index in [1.165, 1.54) is 16.2 Å². The molecule has 1 heterocycles. The predicted octanol–water partition coefficient (Wildman–Crippen LogP) is 1.61. The second-order valence-corrected chi connectivity index (χ2v) is 5.40. The molecule has 1 aromatic rings. The third-order valence-electron chi connectivity index (χ3n) is 2.76. The Morgan fingerprint density at radius 2 is 2.24 bits per heavy atom. The number of carbonyl (C=O) groups excluding carboxylic acids is 1. The van der Waals surface area contributed by atoms with Crippen LogP contribution in [0.2, 0.25) is 0 Å². The van der Waals surface area contributed by atoms with E-state index in [-0.39, 0.29) is 12.5 Å². The Labute approximate surface area is 104 Å². The summed E-state index contributed by atoms with van der Waals surface area (Å²) in [5, 5.41) is 10.7. The molecule has 1 aliphatic rings. The van der Waals surface area contributed by atoms with E-state index in [9.17, 15) is 9.59 Å². The molecule has 1 aromatic heterocycles. The van der Waals surface area contributed by atoms with Crippen molar-refractivity contribution in [1.82, 2.24) is 4.90 Å². The van der Waals surface area contributed by atoms with Crippen LogP contribution in [0.25, 0.3) is 0 Å². The molecule has 0 spiro atoms. The van der Waals surface area contributed by atoms with Crippen molar-refractivity contribution in [3.8, 4) is 0 Å². The van der Waals surface area contributed by atoms with E-state index >= 15 is 0 Å². The maximum absolute atomic E-state index is 12.0. The van der Waals surface area contributed by atoms with E-state index in [4.69, 9.17) is 5.11 Å². The molecule has 1 N–H and O–H groups in total. The molecular weight excluding hydrogens is 238 g/mol. The van der Waals surface area contributed by atoms with Gasteiger partial charge in [0.25, 0.3) is 0 Å². The zero-order valence-corrected chi connectivity index (χ0v) is 10.3. The van der Waals surface area contributed by atoms with Crippen molar-refractivity contribution in [3.63, 3.8) is 0 Å². The molecule has 0 radical (unpaired) electrons. The van der Waals surface area contributed by atoms with Gasteiger partial charge in [-0.15, -0.1) is 11.3 Å². The molecule has 1 saturated carbocycles. The highest BCUT2D eigenvalue weighted by Gasteiger charge is 2.27. The first-order chi connectivity index (χ1) is 8.15. The van der Waals surface area contributed by atoms with E-state index in [2.05, 4.69) is 0 Å². The van der Waals surface area contributed by atoms with Gasteiger partial charge in [-0.3, -0.25) is 9.59 Å². The Balaban J connectivity index is 1.93. The number of nitrogens with zero attached hydrogens (tertiary/aromatic N) is 1. The molecule has 0 unspecified atom stereocenters. The Bertz CT molecular complexity index is 398. The highest BCUT2D eigenvalue weighted by Crippen LogP contribution is 2.29. The summed E-state index contributed by atoms with van der Waals surface area (Å²) in [4.78, 5) is 25.2. The molecule has 0 aromatic carbocycles. The number of carbonyl (C=O) groups is 2. The molecule has 2 rings (SSSR count). The maximum Gasteiger partial charge on any atom is 0.323 e. The molecule has 0 saturated heterocycles. The van der Waals surface area contributed by atoms with Crippen LogP contribution in [0.5, 0.6) is 0 Å². The summed E-state index contributed by atoms with van der Waals surface area (Å²) in [5.74, 6) is -0.506. The van der Waals surface area contributed by atoms with Gasteiger partial charge in [-0.25, -0.2) is 0 Å². The lowest BCUT2D eigenvalue weighted by Gasteiger charge is -2.20. The summed E-state index contributed by atoms with van der Waals surface area (Å²) in [5.41, 5.74) is 0. The molecule has 5 heteroatoms. The van der Waals surface area contributed by atoms with Crippen molar-refractivity contribution in [2.45, 2.75) is 19.3 Å². The van der Waals surface area contributed by atoms with Gasteiger partial charge in [0.2, 0.25) is 5.91 Å². The minimum atomic E-state index is -0.940. The molecule has 1 amide bonds. The smallest absolute Gasteiger partial charge is 0.323 e. The number of thiophene rings is 1. The van der Waals surface area contributed by atoms with Gasteiger partial charge < -0.3 is 10.0 Å². The number of carboxylic acids is 1. The average Bonchev–Trinajstić information content (AvgIpc) is 2.92. The van der Waals surface area contributed by atoms with Crippen molar-refractivity contribution in [2.75, 3.05) is 13.1 Å². The van der Waals surface area contributed by atoms with Crippen molar-refractivity contribution in [2.24, 2.45) is 5.92 Å². The van der Waals surface area contributed by atoms with Gasteiger partial charge in [-0.2, -0.15) is 0 Å². The lowest BCUT2D eigenvalue weighted by atomic mass is 10.2. The van der Waals surface area contributed by atoms with Gasteiger partial charge in [-0.05, 0) is 30.2 Å². The Hall–Kier alpha value is -1.36. The highest BCUT2D eigenvalue weighted by atomic mass is 32.1. The monoisotopic (exact) mass is 253 g/mol. The van der Waals surface area contributed by atoms with Gasteiger partial charge in [0, 0.05) is 11.4 Å². The highest BCUT2D eigenvalue weighted by molar-refractivity contribution is 7.10. The zero-order chi connectivity index (χ0) is 12.3. The Kier molecular flexibility index (Phi) is 3.78. The topological polar surface area (TPSA) is 57.6 Å². The third kappa shape index (κ3) is 3.85. The second-order valence-electron chi connectivity index (χ2n) is 4.37. The second kappa shape index (κ2) is 5.31. The van der Waals surface area contributed by atoms with E-state index in [0.29, 0.717) is 18.9 Å². The SMILES string of the molecule is O=C(O)CN(CC1CC1)C(=O)Cc1cccs1. The number of rotatable bonds is 6. The van der Waals surface area contributed by atoms with E-state index in [1.54, 1.807) is 0 Å². The Morgan fingerprint density at radius 3 is 2.76 bits per heavy atom. The Morgan fingerprint density at radius 1 is 1.47 bits per heavy atom. The molecule has 17 heavy (non-hydrogen) atoms. The van der Waals surface area contributed by atoms with E-state index in [1.807, 2.05) is 17.5 Å². The first-order valence-electron chi connectivity index (χ1n) is 5.67. The predicted molar refractivity (Wildman–Crippen MR) is 65.0 cm³/mol. The fourth-order valence-electron chi connectivity index (χ4n) is 1.70. The summed E-state index contributed by atoms with van der Waals surface area (Å²) < 4.78 is 0. The van der Waals surface area contributed by atoms with Crippen LogP contribution in [0.1, 0.15) is 17.7 Å². The van der Waals surface area contributed by atoms with Crippen LogP contribution in [-0.2, 0) is 16.0 Å². The van der Waals surface area contributed by atoms with Crippen LogP contribution < -0.4 is 0 Å². The lowest BCUT2D eigenvalue weighted by Crippen LogP contribution is -2.38. The number of amides is 1. The summed E-state index contributed by atoms with van der Waals surface area (Å²) in [6, 6.07) is 3.80. The van der Waals surface area contributed by atoms with Gasteiger partial charge in [0.15, 0.2) is 0 Å². The van der Waals surface area contributed by atoms with Crippen molar-refractivity contribution >= 4 is 23.2 Å². The number of hydrogen-bond acceptors (Lipinski definition) is 3. The largest absolute Gasteiger partial charge is 0.480 e. The van der Waals surface area contributed by atoms with E-state index < -0.39 is 5.97 Å². The maximum atomic E-state index is 12.0. The standard InChI is InChI=1S/C12H15NO3S/c14-11(6-10-2-1-5-17-10)13(8-12(15)16)7-9-3-4-9/h1-2,5,9H,3-4,6-8H2,(H,15,16). The normalized spacial score (nSPS) is 14.6. The van der Waals surface area contributed by atoms with Crippen molar-refractivity contribution in [1.29, 1.82) is 0 Å². The van der Waals surface area contributed by atoms with Crippen LogP contribution in [0.3, 0.4) is 0 Å². The summed E-state index contributed by atoms with van der Waals surface area (Å²) in [6.45, 7) is 0.414. The van der Waals surface area contributed by atoms with Crippen LogP contribution in [0.4, 0.5) is 0 Å². The zero-order valence-electron chi connectivity index (χ0n) is 9.46. The summed E-state index contributed by atoms with van der Waals surface area (Å²) in [7, 11) is 0. The molecule has 1 aliphatic carbocycles. The molecule has 1 fully saturated rings. The minimum Gasteiger partial charge on any atom is -0.480 e. The van der Waals surface area contributed by atoms with E-state index in [0.717, 1.165) is 17.7 Å². The number of hydrogen-bond donors (Lipinski definition) is 1. The van der Waals surface area contributed by atoms with Crippen molar-refractivity contribution in [3.05, 3.63) is 22.4 Å². The average molecular weight is 253 g/mol. The first kappa shape index (κ1) is 12.1. The molecular formula is C12H15NO3S. The third-order valence-corrected chi connectivity index (χ3v) is 3.64. The lowest BCUT2D eigenvalue weighted by molar-refractivity contribution is -0.144. The first-order valence-corrected chi connectivity index (χ1v) is 6.55. The quantitative estimate of drug-likeness (QED) is 0.838. The number of aliphatic carboxylic acids is 1. The molecule has 0 aliphatic heterocycles. The van der Waals surface area contributed by atoms with Gasteiger partial charge in [0.05, 0.1) is 6.42 Å². The molecule has 0 atom stereocenters. The van der Waals surface area contributed by atoms with Crippen molar-refractivity contribution < 1.29 is 14.7 Å². The fourth-order valence-corrected chi connectivity index (χ4v) is 2.40. The summed E-state index contributed by atoms with van der Waals surface area (Å²) >= 11 is 1.53. The van der Waals surface area contributed by atoms with Gasteiger partial charge in [-0.1, -0.05) is 6.07 Å². The fraction of sp³-hybridized carbons (Fsp3) is 0.500. The van der Waals surface area contributed by atoms with Crippen LogP contribution in [-0.4, -0.2) is 35.0 Å². The molecule has 92 valence electrons.